The zero-order valence-electron chi connectivity index (χ0n) is 10.5. The maximum absolute atomic E-state index is 10.9. The molecule has 0 atom stereocenters. The summed E-state index contributed by atoms with van der Waals surface area (Å²) in [4.78, 5) is 18.4. The van der Waals surface area contributed by atoms with Crippen LogP contribution in [-0.2, 0) is 6.42 Å². The number of rotatable bonds is 5. The molecule has 0 saturated heterocycles. The van der Waals surface area contributed by atoms with Gasteiger partial charge in [0.15, 0.2) is 0 Å². The molecule has 0 amide bonds. The van der Waals surface area contributed by atoms with E-state index in [1.165, 1.54) is 12.3 Å². The number of hydrogen-bond donors (Lipinski definition) is 1. The Kier molecular flexibility index (Phi) is 4.19. The highest BCUT2D eigenvalue weighted by Crippen LogP contribution is 2.22. The molecule has 0 spiro atoms. The molecule has 0 unspecified atom stereocenters. The van der Waals surface area contributed by atoms with E-state index in [9.17, 15) is 10.1 Å². The van der Waals surface area contributed by atoms with Crippen LogP contribution in [0.2, 0.25) is 0 Å². The third kappa shape index (κ3) is 3.26. The Labute approximate surface area is 115 Å². The van der Waals surface area contributed by atoms with Gasteiger partial charge in [0.25, 0.3) is 0 Å². The standard InChI is InChI=1S/C13H11N5O2/c14-8-10-7-12(18(19)20)13(17-9-10)16-6-4-11-3-1-2-5-15-11/h1-3,5,7,9H,4,6H2,(H,16,17). The predicted octanol–water partition coefficient (Wildman–Crippen LogP) is 1.91. The van der Waals surface area contributed by atoms with Crippen LogP contribution in [0.3, 0.4) is 0 Å². The number of nitriles is 1. The molecule has 2 aromatic rings. The molecule has 2 heterocycles. The number of nitrogens with one attached hydrogen (secondary N) is 1. The molecule has 0 aromatic carbocycles. The fraction of sp³-hybridized carbons (Fsp3) is 0.154. The number of anilines is 1. The molecule has 0 fully saturated rings. The first-order valence-corrected chi connectivity index (χ1v) is 5.89. The van der Waals surface area contributed by atoms with Crippen LogP contribution in [0.15, 0.2) is 36.7 Å². The molecule has 7 heteroatoms. The van der Waals surface area contributed by atoms with E-state index in [0.717, 1.165) is 5.69 Å². The first kappa shape index (κ1) is 13.4. The van der Waals surface area contributed by atoms with E-state index in [-0.39, 0.29) is 17.1 Å². The summed E-state index contributed by atoms with van der Waals surface area (Å²) in [6.45, 7) is 0.469. The molecule has 0 aliphatic carbocycles. The van der Waals surface area contributed by atoms with Gasteiger partial charge in [-0.15, -0.1) is 0 Å². The number of nitro groups is 1. The summed E-state index contributed by atoms with van der Waals surface area (Å²) in [5, 5.41) is 22.5. The summed E-state index contributed by atoms with van der Waals surface area (Å²) in [6.07, 6.45) is 3.62. The van der Waals surface area contributed by atoms with Gasteiger partial charge in [0.2, 0.25) is 5.82 Å². The van der Waals surface area contributed by atoms with E-state index in [1.807, 2.05) is 24.3 Å². The van der Waals surface area contributed by atoms with Crippen LogP contribution in [0.1, 0.15) is 11.3 Å². The van der Waals surface area contributed by atoms with E-state index < -0.39 is 4.92 Å². The van der Waals surface area contributed by atoms with Crippen LogP contribution in [-0.4, -0.2) is 21.4 Å². The van der Waals surface area contributed by atoms with Crippen molar-refractivity contribution in [3.63, 3.8) is 0 Å². The van der Waals surface area contributed by atoms with Crippen LogP contribution in [0.5, 0.6) is 0 Å². The Morgan fingerprint density at radius 2 is 2.25 bits per heavy atom. The average molecular weight is 269 g/mol. The first-order valence-electron chi connectivity index (χ1n) is 5.89. The Balaban J connectivity index is 2.06. The summed E-state index contributed by atoms with van der Waals surface area (Å²) in [7, 11) is 0. The van der Waals surface area contributed by atoms with Crippen molar-refractivity contribution < 1.29 is 4.92 Å². The minimum Gasteiger partial charge on any atom is -0.364 e. The van der Waals surface area contributed by atoms with Crippen LogP contribution in [0.4, 0.5) is 11.5 Å². The molecule has 0 bridgehead atoms. The molecule has 2 aromatic heterocycles. The van der Waals surface area contributed by atoms with Crippen molar-refractivity contribution in [2.45, 2.75) is 6.42 Å². The Morgan fingerprint density at radius 1 is 1.40 bits per heavy atom. The van der Waals surface area contributed by atoms with Crippen molar-refractivity contribution >= 4 is 11.5 Å². The van der Waals surface area contributed by atoms with E-state index in [4.69, 9.17) is 5.26 Å². The second-order valence-corrected chi connectivity index (χ2v) is 3.96. The molecule has 0 radical (unpaired) electrons. The lowest BCUT2D eigenvalue weighted by Crippen LogP contribution is -2.09. The number of pyridine rings is 2. The van der Waals surface area contributed by atoms with Gasteiger partial charge >= 0.3 is 5.69 Å². The number of aromatic nitrogens is 2. The molecule has 20 heavy (non-hydrogen) atoms. The summed E-state index contributed by atoms with van der Waals surface area (Å²) < 4.78 is 0. The van der Waals surface area contributed by atoms with Gasteiger partial charge in [0.1, 0.15) is 6.07 Å². The summed E-state index contributed by atoms with van der Waals surface area (Å²) in [6, 6.07) is 8.61. The van der Waals surface area contributed by atoms with Gasteiger partial charge in [0.05, 0.1) is 10.5 Å². The topological polar surface area (TPSA) is 105 Å². The molecule has 0 saturated carbocycles. The third-order valence-electron chi connectivity index (χ3n) is 2.59. The molecular weight excluding hydrogens is 258 g/mol. The summed E-state index contributed by atoms with van der Waals surface area (Å²) >= 11 is 0. The van der Waals surface area contributed by atoms with Crippen LogP contribution < -0.4 is 5.32 Å². The summed E-state index contributed by atoms with van der Waals surface area (Å²) in [5.74, 6) is 0.157. The van der Waals surface area contributed by atoms with Crippen LogP contribution in [0, 0.1) is 21.4 Å². The monoisotopic (exact) mass is 269 g/mol. The molecule has 1 N–H and O–H groups in total. The lowest BCUT2D eigenvalue weighted by molar-refractivity contribution is -0.384. The maximum Gasteiger partial charge on any atom is 0.312 e. The predicted molar refractivity (Wildman–Crippen MR) is 72.0 cm³/mol. The van der Waals surface area contributed by atoms with Crippen molar-refractivity contribution in [2.24, 2.45) is 0 Å². The average Bonchev–Trinajstić information content (AvgIpc) is 2.48. The lowest BCUT2D eigenvalue weighted by Gasteiger charge is -2.05. The van der Waals surface area contributed by atoms with Crippen molar-refractivity contribution in [3.8, 4) is 6.07 Å². The molecule has 0 aliphatic rings. The van der Waals surface area contributed by atoms with Gasteiger partial charge < -0.3 is 5.32 Å². The molecule has 100 valence electrons. The zero-order valence-corrected chi connectivity index (χ0v) is 10.5. The van der Waals surface area contributed by atoms with Gasteiger partial charge in [-0.3, -0.25) is 15.1 Å². The van der Waals surface area contributed by atoms with Gasteiger partial charge in [-0.05, 0) is 12.1 Å². The summed E-state index contributed by atoms with van der Waals surface area (Å²) in [5.41, 5.74) is 0.841. The highest BCUT2D eigenvalue weighted by molar-refractivity contribution is 5.58. The van der Waals surface area contributed by atoms with Crippen molar-refractivity contribution in [3.05, 3.63) is 58.0 Å². The second kappa shape index (κ2) is 6.24. The molecule has 0 aliphatic heterocycles. The first-order chi connectivity index (χ1) is 9.70. The number of hydrogen-bond acceptors (Lipinski definition) is 6. The normalized spacial score (nSPS) is 9.75. The van der Waals surface area contributed by atoms with Gasteiger partial charge in [-0.25, -0.2) is 4.98 Å². The minimum absolute atomic E-state index is 0.157. The molecule has 2 rings (SSSR count). The second-order valence-electron chi connectivity index (χ2n) is 3.96. The van der Waals surface area contributed by atoms with E-state index in [0.29, 0.717) is 13.0 Å². The quantitative estimate of drug-likeness (QED) is 0.656. The third-order valence-corrected chi connectivity index (χ3v) is 2.59. The molecular formula is C13H11N5O2. The highest BCUT2D eigenvalue weighted by Gasteiger charge is 2.15. The van der Waals surface area contributed by atoms with E-state index >= 15 is 0 Å². The molecule has 7 nitrogen and oxygen atoms in total. The zero-order chi connectivity index (χ0) is 14.4. The SMILES string of the molecule is N#Cc1cnc(NCCc2ccccn2)c([N+](=O)[O-])c1. The smallest absolute Gasteiger partial charge is 0.312 e. The van der Waals surface area contributed by atoms with Crippen LogP contribution >= 0.6 is 0 Å². The number of nitrogens with zero attached hydrogens (tertiary/aromatic N) is 4. The highest BCUT2D eigenvalue weighted by atomic mass is 16.6. The van der Waals surface area contributed by atoms with Crippen molar-refractivity contribution in [1.29, 1.82) is 5.26 Å². The van der Waals surface area contributed by atoms with Gasteiger partial charge in [0, 0.05) is 37.1 Å². The fourth-order valence-corrected chi connectivity index (χ4v) is 1.64. The van der Waals surface area contributed by atoms with Gasteiger partial charge in [-0.2, -0.15) is 5.26 Å². The Hall–Kier alpha value is -3.01. The maximum atomic E-state index is 10.9. The van der Waals surface area contributed by atoms with Crippen molar-refractivity contribution in [2.75, 3.05) is 11.9 Å². The van der Waals surface area contributed by atoms with Crippen LogP contribution in [0.25, 0.3) is 0 Å². The Morgan fingerprint density at radius 3 is 2.90 bits per heavy atom. The van der Waals surface area contributed by atoms with Crippen molar-refractivity contribution in [1.82, 2.24) is 9.97 Å². The van der Waals surface area contributed by atoms with Gasteiger partial charge in [-0.1, -0.05) is 6.07 Å². The fourth-order valence-electron chi connectivity index (χ4n) is 1.64. The lowest BCUT2D eigenvalue weighted by atomic mass is 10.2. The van der Waals surface area contributed by atoms with E-state index in [2.05, 4.69) is 15.3 Å². The Bertz CT molecular complexity index is 652. The van der Waals surface area contributed by atoms with E-state index in [1.54, 1.807) is 6.20 Å². The minimum atomic E-state index is -0.559. The largest absolute Gasteiger partial charge is 0.364 e.